The minimum atomic E-state index is -4.68. The Balaban J connectivity index is 1.93. The van der Waals surface area contributed by atoms with Crippen molar-refractivity contribution in [1.29, 1.82) is 5.26 Å². The zero-order valence-corrected chi connectivity index (χ0v) is 15.2. The van der Waals surface area contributed by atoms with Gasteiger partial charge in [-0.05, 0) is 31.2 Å². The molecule has 0 unspecified atom stereocenters. The molecule has 1 aromatic carbocycles. The van der Waals surface area contributed by atoms with Crippen LogP contribution in [0.1, 0.15) is 16.2 Å². The van der Waals surface area contributed by atoms with Crippen LogP contribution in [0.25, 0.3) is 10.6 Å². The second kappa shape index (κ2) is 6.71. The Morgan fingerprint density at radius 2 is 2.00 bits per heavy atom. The predicted molar refractivity (Wildman–Crippen MR) is 91.5 cm³/mol. The number of hydrogen-bond donors (Lipinski definition) is 1. The number of nitrogens with one attached hydrogen (secondary N) is 1. The maximum Gasteiger partial charge on any atom is 0.452 e. The number of aryl methyl sites for hydroxylation is 1. The van der Waals surface area contributed by atoms with Crippen LogP contribution in [0.3, 0.4) is 0 Å². The number of sulfonamides is 1. The fraction of sp³-hybridized carbons (Fsp3) is 0.125. The molecule has 140 valence electrons. The zero-order valence-electron chi connectivity index (χ0n) is 13.5. The Morgan fingerprint density at radius 1 is 1.26 bits per heavy atom. The maximum absolute atomic E-state index is 12.6. The lowest BCUT2D eigenvalue weighted by Crippen LogP contribution is -2.13. The van der Waals surface area contributed by atoms with Gasteiger partial charge in [-0.25, -0.2) is 8.42 Å². The molecule has 0 aliphatic rings. The molecule has 0 aliphatic carbocycles. The van der Waals surface area contributed by atoms with Gasteiger partial charge in [0.25, 0.3) is 10.0 Å². The van der Waals surface area contributed by atoms with E-state index in [4.69, 9.17) is 5.26 Å². The summed E-state index contributed by atoms with van der Waals surface area (Å²) >= 11 is 0.975. The summed E-state index contributed by atoms with van der Waals surface area (Å²) < 4.78 is 69.8. The minimum Gasteiger partial charge on any atom is -0.351 e. The lowest BCUT2D eigenvalue weighted by Gasteiger charge is -2.07. The van der Waals surface area contributed by atoms with E-state index in [0.29, 0.717) is 10.9 Å². The van der Waals surface area contributed by atoms with Crippen molar-refractivity contribution >= 4 is 27.0 Å². The number of thiophene rings is 1. The summed E-state index contributed by atoms with van der Waals surface area (Å²) in [6.45, 7) is 1.53. The Morgan fingerprint density at radius 3 is 2.63 bits per heavy atom. The van der Waals surface area contributed by atoms with Gasteiger partial charge < -0.3 is 4.52 Å². The van der Waals surface area contributed by atoms with Crippen LogP contribution in [-0.2, 0) is 16.2 Å². The average Bonchev–Trinajstić information content (AvgIpc) is 3.21. The van der Waals surface area contributed by atoms with Crippen molar-refractivity contribution in [2.45, 2.75) is 18.0 Å². The number of anilines is 1. The standard InChI is InChI=1S/C16H10F3N3O3S2/c1-9-14(27(23,24)22-11-4-2-3-10(5-11)8-20)7-13(26-9)12-6-15(25-21-12)16(17,18)19/h2-7,22H,1H3. The number of halogens is 3. The lowest BCUT2D eigenvalue weighted by atomic mass is 10.2. The van der Waals surface area contributed by atoms with Crippen LogP contribution in [0.15, 0.2) is 45.8 Å². The summed E-state index contributed by atoms with van der Waals surface area (Å²) in [6, 6.07) is 9.74. The van der Waals surface area contributed by atoms with Gasteiger partial charge in [0.05, 0.1) is 22.2 Å². The average molecular weight is 413 g/mol. The first-order valence-corrected chi connectivity index (χ1v) is 9.58. The molecule has 0 atom stereocenters. The number of nitrogens with zero attached hydrogens (tertiary/aromatic N) is 2. The number of alkyl halides is 3. The van der Waals surface area contributed by atoms with Crippen LogP contribution >= 0.6 is 11.3 Å². The molecule has 2 aromatic heterocycles. The SMILES string of the molecule is Cc1sc(-c2cc(C(F)(F)F)on2)cc1S(=O)(=O)Nc1cccc(C#N)c1. The smallest absolute Gasteiger partial charge is 0.351 e. The molecule has 0 fully saturated rings. The molecule has 6 nitrogen and oxygen atoms in total. The summed E-state index contributed by atoms with van der Waals surface area (Å²) in [5, 5.41) is 12.2. The van der Waals surface area contributed by atoms with Crippen LogP contribution in [0.4, 0.5) is 18.9 Å². The highest BCUT2D eigenvalue weighted by Crippen LogP contribution is 2.37. The molecule has 0 bridgehead atoms. The molecule has 11 heteroatoms. The van der Waals surface area contributed by atoms with E-state index in [1.54, 1.807) is 0 Å². The highest BCUT2D eigenvalue weighted by atomic mass is 32.2. The lowest BCUT2D eigenvalue weighted by molar-refractivity contribution is -0.155. The molecule has 0 saturated carbocycles. The highest BCUT2D eigenvalue weighted by Gasteiger charge is 2.36. The van der Waals surface area contributed by atoms with E-state index in [1.807, 2.05) is 6.07 Å². The second-order valence-corrected chi connectivity index (χ2v) is 8.31. The molecule has 0 radical (unpaired) electrons. The van der Waals surface area contributed by atoms with Crippen molar-refractivity contribution in [2.24, 2.45) is 0 Å². The molecular weight excluding hydrogens is 403 g/mol. The highest BCUT2D eigenvalue weighted by molar-refractivity contribution is 7.93. The van der Waals surface area contributed by atoms with Gasteiger partial charge in [0.15, 0.2) is 0 Å². The van der Waals surface area contributed by atoms with Crippen LogP contribution in [0.5, 0.6) is 0 Å². The van der Waals surface area contributed by atoms with Gasteiger partial charge in [-0.15, -0.1) is 11.3 Å². The van der Waals surface area contributed by atoms with Crippen molar-refractivity contribution in [3.63, 3.8) is 0 Å². The van der Waals surface area contributed by atoms with E-state index in [-0.39, 0.29) is 26.7 Å². The fourth-order valence-corrected chi connectivity index (χ4v) is 4.84. The molecule has 0 amide bonds. The Kier molecular flexibility index (Phi) is 4.71. The van der Waals surface area contributed by atoms with E-state index in [0.717, 1.165) is 11.3 Å². The molecule has 27 heavy (non-hydrogen) atoms. The molecule has 2 heterocycles. The molecule has 0 saturated heterocycles. The Labute approximate surface area is 155 Å². The van der Waals surface area contributed by atoms with Crippen molar-refractivity contribution in [1.82, 2.24) is 5.16 Å². The van der Waals surface area contributed by atoms with Crippen LogP contribution < -0.4 is 4.72 Å². The second-order valence-electron chi connectivity index (χ2n) is 5.40. The largest absolute Gasteiger partial charge is 0.452 e. The summed E-state index contributed by atoms with van der Waals surface area (Å²) in [4.78, 5) is 0.491. The Bertz CT molecular complexity index is 1140. The molecule has 1 N–H and O–H groups in total. The number of nitriles is 1. The van der Waals surface area contributed by atoms with Crippen molar-refractivity contribution in [3.8, 4) is 16.6 Å². The van der Waals surface area contributed by atoms with Crippen LogP contribution in [0, 0.1) is 18.3 Å². The van der Waals surface area contributed by atoms with Crippen LogP contribution in [-0.4, -0.2) is 13.6 Å². The normalized spacial score (nSPS) is 12.0. The maximum atomic E-state index is 12.6. The van der Waals surface area contributed by atoms with Gasteiger partial charge in [-0.2, -0.15) is 18.4 Å². The summed E-state index contributed by atoms with van der Waals surface area (Å²) in [5.74, 6) is -1.26. The van der Waals surface area contributed by atoms with Crippen molar-refractivity contribution in [2.75, 3.05) is 4.72 Å². The number of benzene rings is 1. The number of aromatic nitrogens is 1. The first-order chi connectivity index (χ1) is 12.6. The topological polar surface area (TPSA) is 96.0 Å². The van der Waals surface area contributed by atoms with E-state index in [2.05, 4.69) is 14.4 Å². The molecule has 0 aliphatic heterocycles. The summed E-state index contributed by atoms with van der Waals surface area (Å²) in [7, 11) is -4.01. The van der Waals surface area contributed by atoms with Crippen LogP contribution in [0.2, 0.25) is 0 Å². The first kappa shape index (κ1) is 18.9. The quantitative estimate of drug-likeness (QED) is 0.684. The van der Waals surface area contributed by atoms with Crippen molar-refractivity contribution < 1.29 is 26.1 Å². The number of rotatable bonds is 4. The molecule has 3 rings (SSSR count). The third-order valence-corrected chi connectivity index (χ3v) is 6.16. The van der Waals surface area contributed by atoms with Gasteiger partial charge in [0.1, 0.15) is 10.6 Å². The van der Waals surface area contributed by atoms with E-state index >= 15 is 0 Å². The molecular formula is C16H10F3N3O3S2. The molecule has 0 spiro atoms. The first-order valence-electron chi connectivity index (χ1n) is 7.28. The van der Waals surface area contributed by atoms with E-state index in [1.165, 1.54) is 37.3 Å². The van der Waals surface area contributed by atoms with Gasteiger partial charge in [-0.3, -0.25) is 4.72 Å². The van der Waals surface area contributed by atoms with Gasteiger partial charge in [0.2, 0.25) is 5.76 Å². The van der Waals surface area contributed by atoms with E-state index in [9.17, 15) is 21.6 Å². The summed E-state index contributed by atoms with van der Waals surface area (Å²) in [6.07, 6.45) is -4.68. The fourth-order valence-electron chi connectivity index (χ4n) is 2.25. The minimum absolute atomic E-state index is 0.0959. The third-order valence-electron chi connectivity index (χ3n) is 3.45. The third kappa shape index (κ3) is 3.96. The van der Waals surface area contributed by atoms with Gasteiger partial charge in [-0.1, -0.05) is 11.2 Å². The predicted octanol–water partition coefficient (Wildman–Crippen LogP) is 4.40. The van der Waals surface area contributed by atoms with Gasteiger partial charge in [0, 0.05) is 10.9 Å². The van der Waals surface area contributed by atoms with Gasteiger partial charge >= 0.3 is 6.18 Å². The van der Waals surface area contributed by atoms with Crippen molar-refractivity contribution in [3.05, 3.63) is 52.6 Å². The number of hydrogen-bond acceptors (Lipinski definition) is 6. The van der Waals surface area contributed by atoms with E-state index < -0.39 is 22.0 Å². The Hall–Kier alpha value is -2.84. The zero-order chi connectivity index (χ0) is 19.8. The monoisotopic (exact) mass is 413 g/mol. The molecule has 3 aromatic rings. The summed E-state index contributed by atoms with van der Waals surface area (Å²) in [5.41, 5.74) is 0.366.